The molecule has 0 aliphatic carbocycles. The SMILES string of the molecule is COc1ccc(C(C)NC(=O)C(CCSC)NS(=O)(=O)c2ccc(C)cc2)cc1F. The van der Waals surface area contributed by atoms with E-state index < -0.39 is 33.8 Å². The Bertz CT molecular complexity index is 965. The molecular formula is C21H27FN2O4S2. The van der Waals surface area contributed by atoms with E-state index in [2.05, 4.69) is 10.0 Å². The number of hydrogen-bond donors (Lipinski definition) is 2. The number of amides is 1. The Morgan fingerprint density at radius 2 is 1.87 bits per heavy atom. The summed E-state index contributed by atoms with van der Waals surface area (Å²) in [6, 6.07) is 9.37. The van der Waals surface area contributed by atoms with Crippen LogP contribution >= 0.6 is 11.8 Å². The van der Waals surface area contributed by atoms with Gasteiger partial charge < -0.3 is 10.1 Å². The average Bonchev–Trinajstić information content (AvgIpc) is 2.71. The van der Waals surface area contributed by atoms with Gasteiger partial charge in [0.25, 0.3) is 0 Å². The van der Waals surface area contributed by atoms with E-state index in [9.17, 15) is 17.6 Å². The van der Waals surface area contributed by atoms with Crippen molar-refractivity contribution in [3.8, 4) is 5.75 Å². The maximum Gasteiger partial charge on any atom is 0.241 e. The highest BCUT2D eigenvalue weighted by Crippen LogP contribution is 2.22. The Kier molecular flexibility index (Phi) is 8.69. The number of carbonyl (C=O) groups is 1. The first-order valence-electron chi connectivity index (χ1n) is 9.39. The molecule has 2 unspecified atom stereocenters. The monoisotopic (exact) mass is 454 g/mol. The number of thioether (sulfide) groups is 1. The molecular weight excluding hydrogens is 427 g/mol. The first kappa shape index (κ1) is 24.2. The van der Waals surface area contributed by atoms with Crippen molar-refractivity contribution in [1.82, 2.24) is 10.0 Å². The fourth-order valence-corrected chi connectivity index (χ4v) is 4.50. The van der Waals surface area contributed by atoms with Gasteiger partial charge in [0.2, 0.25) is 15.9 Å². The molecule has 0 bridgehead atoms. The molecule has 2 aromatic rings. The van der Waals surface area contributed by atoms with Crippen LogP contribution in [0.1, 0.15) is 30.5 Å². The summed E-state index contributed by atoms with van der Waals surface area (Å²) in [6.07, 6.45) is 2.20. The van der Waals surface area contributed by atoms with E-state index >= 15 is 0 Å². The zero-order valence-electron chi connectivity index (χ0n) is 17.4. The summed E-state index contributed by atoms with van der Waals surface area (Å²) in [5, 5.41) is 2.77. The van der Waals surface area contributed by atoms with Gasteiger partial charge >= 0.3 is 0 Å². The number of benzene rings is 2. The first-order valence-corrected chi connectivity index (χ1v) is 12.3. The first-order chi connectivity index (χ1) is 14.2. The van der Waals surface area contributed by atoms with Crippen molar-refractivity contribution >= 4 is 27.7 Å². The highest BCUT2D eigenvalue weighted by Gasteiger charge is 2.26. The van der Waals surface area contributed by atoms with Gasteiger partial charge in [-0.05, 0) is 62.1 Å². The van der Waals surface area contributed by atoms with Crippen LogP contribution in [0.2, 0.25) is 0 Å². The zero-order chi connectivity index (χ0) is 22.3. The second-order valence-corrected chi connectivity index (χ2v) is 9.59. The third-order valence-corrected chi connectivity index (χ3v) is 6.72. The lowest BCUT2D eigenvalue weighted by Crippen LogP contribution is -2.47. The quantitative estimate of drug-likeness (QED) is 0.575. The van der Waals surface area contributed by atoms with Gasteiger partial charge in [-0.3, -0.25) is 4.79 Å². The normalized spacial score (nSPS) is 13.5. The summed E-state index contributed by atoms with van der Waals surface area (Å²) in [5.74, 6) is -0.292. The molecule has 0 aliphatic rings. The lowest BCUT2D eigenvalue weighted by atomic mass is 10.1. The number of sulfonamides is 1. The van der Waals surface area contributed by atoms with Crippen molar-refractivity contribution in [3.63, 3.8) is 0 Å². The Morgan fingerprint density at radius 1 is 1.20 bits per heavy atom. The summed E-state index contributed by atoms with van der Waals surface area (Å²) in [7, 11) is -2.49. The van der Waals surface area contributed by atoms with Gasteiger partial charge in [-0.15, -0.1) is 0 Å². The maximum absolute atomic E-state index is 14.0. The summed E-state index contributed by atoms with van der Waals surface area (Å²) >= 11 is 1.51. The van der Waals surface area contributed by atoms with Crippen LogP contribution in [0.3, 0.4) is 0 Å². The van der Waals surface area contributed by atoms with Crippen molar-refractivity contribution in [1.29, 1.82) is 0 Å². The van der Waals surface area contributed by atoms with E-state index in [-0.39, 0.29) is 10.6 Å². The van der Waals surface area contributed by atoms with Crippen molar-refractivity contribution in [3.05, 3.63) is 59.4 Å². The van der Waals surface area contributed by atoms with Crippen LogP contribution in [0.25, 0.3) is 0 Å². The summed E-state index contributed by atoms with van der Waals surface area (Å²) < 4.78 is 46.9. The van der Waals surface area contributed by atoms with Crippen LogP contribution in [0.4, 0.5) is 4.39 Å². The van der Waals surface area contributed by atoms with Crippen molar-refractivity contribution < 1.29 is 22.3 Å². The Labute approximate surface area is 181 Å². The number of carbonyl (C=O) groups excluding carboxylic acids is 1. The molecule has 1 amide bonds. The lowest BCUT2D eigenvalue weighted by molar-refractivity contribution is -0.123. The highest BCUT2D eigenvalue weighted by atomic mass is 32.2. The molecule has 0 aliphatic heterocycles. The predicted molar refractivity (Wildman–Crippen MR) is 118 cm³/mol. The number of methoxy groups -OCH3 is 1. The van der Waals surface area contributed by atoms with Crippen LogP contribution in [-0.4, -0.2) is 39.5 Å². The number of aryl methyl sites for hydroxylation is 1. The Morgan fingerprint density at radius 3 is 2.43 bits per heavy atom. The predicted octanol–water partition coefficient (Wildman–Crippen LogP) is 3.42. The molecule has 164 valence electrons. The van der Waals surface area contributed by atoms with Crippen LogP contribution in [0.15, 0.2) is 47.4 Å². The van der Waals surface area contributed by atoms with Crippen LogP contribution in [-0.2, 0) is 14.8 Å². The van der Waals surface area contributed by atoms with Gasteiger partial charge in [-0.1, -0.05) is 23.8 Å². The van der Waals surface area contributed by atoms with Crippen LogP contribution in [0.5, 0.6) is 5.75 Å². The lowest BCUT2D eigenvalue weighted by Gasteiger charge is -2.22. The fraction of sp³-hybridized carbons (Fsp3) is 0.381. The van der Waals surface area contributed by atoms with Gasteiger partial charge in [-0.2, -0.15) is 16.5 Å². The number of rotatable bonds is 10. The number of halogens is 1. The molecule has 0 heterocycles. The van der Waals surface area contributed by atoms with E-state index in [4.69, 9.17) is 4.74 Å². The van der Waals surface area contributed by atoms with Crippen molar-refractivity contribution in [2.45, 2.75) is 37.2 Å². The number of nitrogens with one attached hydrogen (secondary N) is 2. The molecule has 2 atom stereocenters. The van der Waals surface area contributed by atoms with E-state index in [0.29, 0.717) is 17.7 Å². The van der Waals surface area contributed by atoms with Gasteiger partial charge in [0.05, 0.1) is 18.0 Å². The molecule has 0 radical (unpaired) electrons. The Hall–Kier alpha value is -2.10. The van der Waals surface area contributed by atoms with Crippen molar-refractivity contribution in [2.24, 2.45) is 0 Å². The zero-order valence-corrected chi connectivity index (χ0v) is 19.1. The average molecular weight is 455 g/mol. The van der Waals surface area contributed by atoms with E-state index in [1.807, 2.05) is 13.2 Å². The maximum atomic E-state index is 14.0. The Balaban J connectivity index is 2.16. The highest BCUT2D eigenvalue weighted by molar-refractivity contribution is 7.98. The topological polar surface area (TPSA) is 84.5 Å². The molecule has 30 heavy (non-hydrogen) atoms. The number of ether oxygens (including phenoxy) is 1. The van der Waals surface area contributed by atoms with Gasteiger partial charge in [0.15, 0.2) is 11.6 Å². The molecule has 0 spiro atoms. The molecule has 0 saturated heterocycles. The van der Waals surface area contributed by atoms with Gasteiger partial charge in [0.1, 0.15) is 6.04 Å². The second-order valence-electron chi connectivity index (χ2n) is 6.89. The third kappa shape index (κ3) is 6.45. The number of hydrogen-bond acceptors (Lipinski definition) is 5. The molecule has 6 nitrogen and oxygen atoms in total. The van der Waals surface area contributed by atoms with E-state index in [1.54, 1.807) is 25.1 Å². The summed E-state index contributed by atoms with van der Waals surface area (Å²) in [5.41, 5.74) is 1.48. The van der Waals surface area contributed by atoms with Crippen LogP contribution < -0.4 is 14.8 Å². The minimum atomic E-state index is -3.86. The van der Waals surface area contributed by atoms with E-state index in [0.717, 1.165) is 5.56 Å². The smallest absolute Gasteiger partial charge is 0.241 e. The molecule has 0 fully saturated rings. The van der Waals surface area contributed by atoms with E-state index in [1.165, 1.54) is 43.1 Å². The molecule has 2 N–H and O–H groups in total. The minimum Gasteiger partial charge on any atom is -0.494 e. The van der Waals surface area contributed by atoms with Gasteiger partial charge in [-0.25, -0.2) is 12.8 Å². The largest absolute Gasteiger partial charge is 0.494 e. The standard InChI is InChI=1S/C21H27FN2O4S2/c1-14-5-8-17(9-6-14)30(26,27)24-19(11-12-29-4)21(25)23-15(2)16-7-10-20(28-3)18(22)13-16/h5-10,13,15,19,24H,11-12H2,1-4H3,(H,23,25). The molecule has 2 rings (SSSR count). The molecule has 9 heteroatoms. The molecule has 0 saturated carbocycles. The van der Waals surface area contributed by atoms with Crippen LogP contribution in [0, 0.1) is 12.7 Å². The second kappa shape index (κ2) is 10.8. The fourth-order valence-electron chi connectivity index (χ4n) is 2.80. The van der Waals surface area contributed by atoms with Crippen molar-refractivity contribution in [2.75, 3.05) is 19.1 Å². The third-order valence-electron chi connectivity index (χ3n) is 4.59. The summed E-state index contributed by atoms with van der Waals surface area (Å²) in [6.45, 7) is 3.57. The molecule has 0 aromatic heterocycles. The molecule has 2 aromatic carbocycles. The minimum absolute atomic E-state index is 0.0975. The van der Waals surface area contributed by atoms with Gasteiger partial charge in [0, 0.05) is 0 Å². The summed E-state index contributed by atoms with van der Waals surface area (Å²) in [4.78, 5) is 12.9.